The van der Waals surface area contributed by atoms with Crippen LogP contribution >= 0.6 is 27.3 Å². The number of nitrogens with one attached hydrogen (secondary N) is 1. The van der Waals surface area contributed by atoms with Crippen LogP contribution in [-0.2, 0) is 13.2 Å². The summed E-state index contributed by atoms with van der Waals surface area (Å²) in [6.07, 6.45) is 0. The van der Waals surface area contributed by atoms with Crippen molar-refractivity contribution in [2.75, 3.05) is 0 Å². The zero-order valence-electron chi connectivity index (χ0n) is 14.5. The second kappa shape index (κ2) is 8.51. The van der Waals surface area contributed by atoms with Gasteiger partial charge < -0.3 is 14.5 Å². The van der Waals surface area contributed by atoms with E-state index in [0.717, 1.165) is 20.9 Å². The fourth-order valence-corrected chi connectivity index (χ4v) is 3.43. The molecule has 1 N–H and O–H groups in total. The number of furan rings is 1. The van der Waals surface area contributed by atoms with E-state index in [0.29, 0.717) is 18.2 Å². The van der Waals surface area contributed by atoms with Crippen molar-refractivity contribution in [3.05, 3.63) is 68.5 Å². The van der Waals surface area contributed by atoms with E-state index in [1.54, 1.807) is 23.5 Å². The summed E-state index contributed by atoms with van der Waals surface area (Å²) in [5.41, 5.74) is 0.858. The van der Waals surface area contributed by atoms with Crippen LogP contribution in [0.5, 0.6) is 5.75 Å². The summed E-state index contributed by atoms with van der Waals surface area (Å²) < 4.78 is 12.2. The Hall–Kier alpha value is -2.12. The van der Waals surface area contributed by atoms with Crippen molar-refractivity contribution < 1.29 is 13.9 Å². The Kier molecular flexibility index (Phi) is 6.11. The third kappa shape index (κ3) is 4.95. The lowest BCUT2D eigenvalue weighted by atomic mass is 10.2. The second-order valence-electron chi connectivity index (χ2n) is 6.03. The quantitative estimate of drug-likeness (QED) is 0.559. The first kappa shape index (κ1) is 18.7. The first-order valence-electron chi connectivity index (χ1n) is 8.21. The minimum Gasteiger partial charge on any atom is -0.486 e. The van der Waals surface area contributed by atoms with E-state index in [2.05, 4.69) is 40.1 Å². The number of carbonyl (C=O) groups is 1. The van der Waals surface area contributed by atoms with Crippen molar-refractivity contribution in [1.29, 1.82) is 0 Å². The molecule has 0 saturated carbocycles. The highest BCUT2D eigenvalue weighted by atomic mass is 79.9. The number of benzene rings is 1. The molecule has 5 nitrogen and oxygen atoms in total. The van der Waals surface area contributed by atoms with E-state index < -0.39 is 0 Å². The number of carbonyl (C=O) groups excluding carboxylic acids is 1. The SMILES string of the molecule is CC(C)c1nc(CNC(=O)c2ccc(COc3cccc(Br)c3)o2)cs1. The summed E-state index contributed by atoms with van der Waals surface area (Å²) in [6.45, 7) is 4.84. The Balaban J connectivity index is 1.52. The van der Waals surface area contributed by atoms with Gasteiger partial charge in [0.1, 0.15) is 18.1 Å². The van der Waals surface area contributed by atoms with E-state index in [1.807, 2.05) is 29.6 Å². The van der Waals surface area contributed by atoms with Crippen LogP contribution in [0.2, 0.25) is 0 Å². The van der Waals surface area contributed by atoms with Crippen molar-refractivity contribution in [2.45, 2.75) is 32.9 Å². The summed E-state index contributed by atoms with van der Waals surface area (Å²) >= 11 is 5.01. The lowest BCUT2D eigenvalue weighted by molar-refractivity contribution is 0.0918. The number of hydrogen-bond acceptors (Lipinski definition) is 5. The van der Waals surface area contributed by atoms with Crippen LogP contribution in [0, 0.1) is 0 Å². The average molecular weight is 435 g/mol. The lowest BCUT2D eigenvalue weighted by Gasteiger charge is -2.04. The average Bonchev–Trinajstić information content (AvgIpc) is 3.27. The van der Waals surface area contributed by atoms with E-state index in [4.69, 9.17) is 9.15 Å². The highest BCUT2D eigenvalue weighted by molar-refractivity contribution is 9.10. The summed E-state index contributed by atoms with van der Waals surface area (Å²) in [5.74, 6) is 1.70. The maximum absolute atomic E-state index is 12.2. The number of ether oxygens (including phenoxy) is 1. The first-order valence-corrected chi connectivity index (χ1v) is 9.88. The molecule has 1 amide bonds. The van der Waals surface area contributed by atoms with Gasteiger partial charge in [-0.1, -0.05) is 35.8 Å². The molecule has 0 aliphatic heterocycles. The van der Waals surface area contributed by atoms with Crippen LogP contribution in [-0.4, -0.2) is 10.9 Å². The van der Waals surface area contributed by atoms with Gasteiger partial charge in [-0.05, 0) is 30.3 Å². The second-order valence-corrected chi connectivity index (χ2v) is 7.83. The van der Waals surface area contributed by atoms with Gasteiger partial charge in [-0.2, -0.15) is 0 Å². The van der Waals surface area contributed by atoms with Crippen LogP contribution in [0.3, 0.4) is 0 Å². The van der Waals surface area contributed by atoms with Gasteiger partial charge in [-0.15, -0.1) is 11.3 Å². The fraction of sp³-hybridized carbons (Fsp3) is 0.263. The van der Waals surface area contributed by atoms with E-state index >= 15 is 0 Å². The monoisotopic (exact) mass is 434 g/mol. The van der Waals surface area contributed by atoms with Crippen molar-refractivity contribution in [3.63, 3.8) is 0 Å². The first-order chi connectivity index (χ1) is 12.5. The molecule has 0 radical (unpaired) electrons. The number of aromatic nitrogens is 1. The summed E-state index contributed by atoms with van der Waals surface area (Å²) in [4.78, 5) is 16.7. The highest BCUT2D eigenvalue weighted by Gasteiger charge is 2.13. The Labute approximate surface area is 164 Å². The van der Waals surface area contributed by atoms with Gasteiger partial charge >= 0.3 is 0 Å². The molecule has 3 rings (SSSR count). The van der Waals surface area contributed by atoms with E-state index in [1.165, 1.54) is 0 Å². The number of hydrogen-bond donors (Lipinski definition) is 1. The largest absolute Gasteiger partial charge is 0.486 e. The van der Waals surface area contributed by atoms with Crippen molar-refractivity contribution in [3.8, 4) is 5.75 Å². The maximum Gasteiger partial charge on any atom is 0.287 e. The van der Waals surface area contributed by atoms with Crippen LogP contribution in [0.25, 0.3) is 0 Å². The topological polar surface area (TPSA) is 64.4 Å². The number of halogens is 1. The fourth-order valence-electron chi connectivity index (χ4n) is 2.22. The molecule has 0 atom stereocenters. The molecule has 0 spiro atoms. The molecule has 26 heavy (non-hydrogen) atoms. The molecular formula is C19H19BrN2O3S. The van der Waals surface area contributed by atoms with Crippen LogP contribution < -0.4 is 10.1 Å². The van der Waals surface area contributed by atoms with Gasteiger partial charge in [0.2, 0.25) is 0 Å². The minimum atomic E-state index is -0.266. The number of thiazole rings is 1. The number of amides is 1. The molecule has 2 aromatic heterocycles. The zero-order valence-corrected chi connectivity index (χ0v) is 16.9. The molecule has 0 unspecified atom stereocenters. The molecule has 1 aromatic carbocycles. The molecule has 0 aliphatic rings. The standard InChI is InChI=1S/C19H19BrN2O3S/c1-12(2)19-22-14(11-26-19)9-21-18(23)17-7-6-16(25-17)10-24-15-5-3-4-13(20)8-15/h3-8,11-12H,9-10H2,1-2H3,(H,21,23). The van der Waals surface area contributed by atoms with Crippen LogP contribution in [0.4, 0.5) is 0 Å². The molecule has 7 heteroatoms. The molecule has 0 fully saturated rings. The molecule has 3 aromatic rings. The Morgan fingerprint density at radius 1 is 1.35 bits per heavy atom. The summed E-state index contributed by atoms with van der Waals surface area (Å²) in [7, 11) is 0. The Morgan fingerprint density at radius 2 is 2.19 bits per heavy atom. The molecule has 0 bridgehead atoms. The van der Waals surface area contributed by atoms with Gasteiger partial charge in [0.25, 0.3) is 5.91 Å². The predicted molar refractivity (Wildman–Crippen MR) is 105 cm³/mol. The molecule has 0 aliphatic carbocycles. The van der Waals surface area contributed by atoms with E-state index in [9.17, 15) is 4.79 Å². The Bertz CT molecular complexity index is 888. The van der Waals surface area contributed by atoms with Gasteiger partial charge in [-0.25, -0.2) is 4.98 Å². The predicted octanol–water partition coefficient (Wildman–Crippen LogP) is 5.13. The van der Waals surface area contributed by atoms with Crippen molar-refractivity contribution in [1.82, 2.24) is 10.3 Å². The lowest BCUT2D eigenvalue weighted by Crippen LogP contribution is -2.22. The third-order valence-corrected chi connectivity index (χ3v) is 5.24. The zero-order chi connectivity index (χ0) is 18.5. The normalized spacial score (nSPS) is 10.9. The van der Waals surface area contributed by atoms with Gasteiger partial charge in [0.15, 0.2) is 5.76 Å². The molecule has 136 valence electrons. The number of rotatable bonds is 7. The minimum absolute atomic E-state index is 0.258. The Morgan fingerprint density at radius 3 is 2.92 bits per heavy atom. The van der Waals surface area contributed by atoms with Crippen LogP contribution in [0.15, 0.2) is 50.7 Å². The van der Waals surface area contributed by atoms with Gasteiger partial charge in [0.05, 0.1) is 17.2 Å². The van der Waals surface area contributed by atoms with Gasteiger partial charge in [-0.3, -0.25) is 4.79 Å². The summed E-state index contributed by atoms with van der Waals surface area (Å²) in [6, 6.07) is 10.9. The maximum atomic E-state index is 12.2. The summed E-state index contributed by atoms with van der Waals surface area (Å²) in [5, 5.41) is 5.86. The molecule has 2 heterocycles. The highest BCUT2D eigenvalue weighted by Crippen LogP contribution is 2.20. The smallest absolute Gasteiger partial charge is 0.287 e. The van der Waals surface area contributed by atoms with Crippen molar-refractivity contribution in [2.24, 2.45) is 0 Å². The van der Waals surface area contributed by atoms with Crippen LogP contribution in [0.1, 0.15) is 46.8 Å². The van der Waals surface area contributed by atoms with Gasteiger partial charge in [0, 0.05) is 15.8 Å². The number of nitrogens with zero attached hydrogens (tertiary/aromatic N) is 1. The van der Waals surface area contributed by atoms with Crippen molar-refractivity contribution >= 4 is 33.2 Å². The third-order valence-electron chi connectivity index (χ3n) is 3.56. The molecule has 0 saturated heterocycles. The molecular weight excluding hydrogens is 416 g/mol. The van der Waals surface area contributed by atoms with E-state index in [-0.39, 0.29) is 18.3 Å².